The maximum atomic E-state index is 14.0. The largest absolute Gasteiger partial charge is 0.423 e. The third-order valence-corrected chi connectivity index (χ3v) is 8.41. The van der Waals surface area contributed by atoms with Crippen LogP contribution in [0.3, 0.4) is 0 Å². The van der Waals surface area contributed by atoms with E-state index in [0.717, 1.165) is 60.8 Å². The van der Waals surface area contributed by atoms with Gasteiger partial charge in [-0.2, -0.15) is 0 Å². The Hall–Kier alpha value is -1.38. The highest BCUT2D eigenvalue weighted by molar-refractivity contribution is 5.75. The van der Waals surface area contributed by atoms with Gasteiger partial charge in [0, 0.05) is 0 Å². The van der Waals surface area contributed by atoms with Crippen molar-refractivity contribution in [1.29, 1.82) is 0 Å². The zero-order valence-corrected chi connectivity index (χ0v) is 18.2. The Labute approximate surface area is 175 Å². The Kier molecular flexibility index (Phi) is 6.61. The Bertz CT molecular complexity index is 707. The fourth-order valence-corrected chi connectivity index (χ4v) is 6.53. The number of carbonyl (C=O) groups excluding carboxylic acids is 1. The monoisotopic (exact) mass is 400 g/mol. The normalized spacial score (nSPS) is 35.0. The van der Waals surface area contributed by atoms with E-state index in [1.54, 1.807) is 12.1 Å². The molecule has 4 unspecified atom stereocenters. The van der Waals surface area contributed by atoms with Gasteiger partial charge in [0.2, 0.25) is 0 Å². The molecule has 0 aliphatic heterocycles. The van der Waals surface area contributed by atoms with E-state index >= 15 is 0 Å². The van der Waals surface area contributed by atoms with Crippen LogP contribution in [0.2, 0.25) is 0 Å². The van der Waals surface area contributed by atoms with Gasteiger partial charge >= 0.3 is 5.97 Å². The minimum atomic E-state index is -0.443. The van der Waals surface area contributed by atoms with Crippen molar-refractivity contribution in [1.82, 2.24) is 0 Å². The van der Waals surface area contributed by atoms with Gasteiger partial charge in [0.05, 0.1) is 5.92 Å². The molecule has 160 valence electrons. The number of rotatable bonds is 4. The van der Waals surface area contributed by atoms with Crippen LogP contribution in [0.1, 0.15) is 83.1 Å². The van der Waals surface area contributed by atoms with Gasteiger partial charge < -0.3 is 4.74 Å². The molecule has 0 N–H and O–H groups in total. The van der Waals surface area contributed by atoms with E-state index in [2.05, 4.69) is 6.92 Å². The molecule has 0 saturated heterocycles. The Morgan fingerprint density at radius 2 is 1.55 bits per heavy atom. The van der Waals surface area contributed by atoms with E-state index in [4.69, 9.17) is 4.74 Å². The molecule has 3 heteroatoms. The van der Waals surface area contributed by atoms with Crippen molar-refractivity contribution in [2.75, 3.05) is 0 Å². The molecular weight excluding hydrogens is 363 g/mol. The first kappa shape index (κ1) is 20.9. The summed E-state index contributed by atoms with van der Waals surface area (Å²) in [6.45, 7) is 4.19. The summed E-state index contributed by atoms with van der Waals surface area (Å²) in [6, 6.07) is 4.77. The molecule has 1 aromatic rings. The molecule has 3 saturated carbocycles. The lowest BCUT2D eigenvalue weighted by molar-refractivity contribution is -0.140. The van der Waals surface area contributed by atoms with Gasteiger partial charge in [-0.15, -0.1) is 0 Å². The SMILES string of the molecule is CCC1CCC2CC(C3CCC(C(=O)Oc4ccc(C)cc4F)CC3)CCC2C1. The van der Waals surface area contributed by atoms with Crippen molar-refractivity contribution in [3.05, 3.63) is 29.6 Å². The van der Waals surface area contributed by atoms with Crippen LogP contribution >= 0.6 is 0 Å². The highest BCUT2D eigenvalue weighted by Gasteiger charge is 2.39. The van der Waals surface area contributed by atoms with Crippen molar-refractivity contribution < 1.29 is 13.9 Å². The van der Waals surface area contributed by atoms with Crippen molar-refractivity contribution in [3.8, 4) is 5.75 Å². The maximum absolute atomic E-state index is 14.0. The number of halogens is 1. The number of benzene rings is 1. The first-order valence-corrected chi connectivity index (χ1v) is 12.0. The molecule has 2 nitrogen and oxygen atoms in total. The highest BCUT2D eigenvalue weighted by Crippen LogP contribution is 2.49. The number of carbonyl (C=O) groups is 1. The van der Waals surface area contributed by atoms with Crippen LogP contribution in [-0.2, 0) is 4.79 Å². The fraction of sp³-hybridized carbons (Fsp3) is 0.731. The van der Waals surface area contributed by atoms with E-state index in [9.17, 15) is 9.18 Å². The van der Waals surface area contributed by atoms with Crippen LogP contribution < -0.4 is 4.74 Å². The lowest BCUT2D eigenvalue weighted by atomic mass is 9.61. The highest BCUT2D eigenvalue weighted by atomic mass is 19.1. The van der Waals surface area contributed by atoms with E-state index in [0.29, 0.717) is 0 Å². The summed E-state index contributed by atoms with van der Waals surface area (Å²) in [6.07, 6.45) is 14.1. The van der Waals surface area contributed by atoms with Crippen LogP contribution in [0.25, 0.3) is 0 Å². The summed E-state index contributed by atoms with van der Waals surface area (Å²) in [5.41, 5.74) is 0.834. The molecule has 0 amide bonds. The predicted octanol–water partition coefficient (Wildman–Crippen LogP) is 7.09. The number of fused-ring (bicyclic) bond motifs is 1. The third kappa shape index (κ3) is 4.86. The molecule has 29 heavy (non-hydrogen) atoms. The lowest BCUT2D eigenvalue weighted by Crippen LogP contribution is -2.35. The van der Waals surface area contributed by atoms with Crippen LogP contribution in [0.4, 0.5) is 4.39 Å². The maximum Gasteiger partial charge on any atom is 0.314 e. The summed E-state index contributed by atoms with van der Waals surface area (Å²) in [7, 11) is 0. The summed E-state index contributed by atoms with van der Waals surface area (Å²) >= 11 is 0. The smallest absolute Gasteiger partial charge is 0.314 e. The molecule has 0 spiro atoms. The summed E-state index contributed by atoms with van der Waals surface area (Å²) < 4.78 is 19.4. The van der Waals surface area contributed by atoms with Gasteiger partial charge in [0.25, 0.3) is 0 Å². The second-order valence-electron chi connectivity index (χ2n) is 10.1. The van der Waals surface area contributed by atoms with Gasteiger partial charge in [-0.25, -0.2) is 4.39 Å². The number of ether oxygens (including phenoxy) is 1. The number of aryl methyl sites for hydroxylation is 1. The van der Waals surface area contributed by atoms with Crippen molar-refractivity contribution >= 4 is 5.97 Å². The van der Waals surface area contributed by atoms with Gasteiger partial charge in [0.15, 0.2) is 11.6 Å². The summed E-state index contributed by atoms with van der Waals surface area (Å²) in [5, 5.41) is 0. The van der Waals surface area contributed by atoms with Gasteiger partial charge in [-0.3, -0.25) is 4.79 Å². The minimum absolute atomic E-state index is 0.0664. The standard InChI is InChI=1S/C26H37FO2/c1-3-18-5-6-23-16-22(12-11-21(23)15-18)19-7-9-20(10-8-19)26(28)29-25-13-4-17(2)14-24(25)27/h4,13-14,18-23H,3,5-12,15-16H2,1-2H3. The molecule has 4 rings (SSSR count). The average Bonchev–Trinajstić information content (AvgIpc) is 2.75. The molecule has 0 aromatic heterocycles. The molecule has 0 bridgehead atoms. The second kappa shape index (κ2) is 9.18. The predicted molar refractivity (Wildman–Crippen MR) is 114 cm³/mol. The third-order valence-electron chi connectivity index (χ3n) is 8.41. The molecule has 3 fully saturated rings. The molecule has 0 heterocycles. The van der Waals surface area contributed by atoms with Crippen LogP contribution in [0, 0.1) is 48.2 Å². The average molecular weight is 401 g/mol. The first-order valence-electron chi connectivity index (χ1n) is 12.0. The zero-order chi connectivity index (χ0) is 20.4. The molecule has 3 aliphatic carbocycles. The van der Waals surface area contributed by atoms with E-state index in [-0.39, 0.29) is 17.6 Å². The van der Waals surface area contributed by atoms with Crippen molar-refractivity contribution in [3.63, 3.8) is 0 Å². The fourth-order valence-electron chi connectivity index (χ4n) is 6.53. The number of hydrogen-bond acceptors (Lipinski definition) is 2. The summed E-state index contributed by atoms with van der Waals surface area (Å²) in [4.78, 5) is 12.5. The Morgan fingerprint density at radius 1 is 0.931 bits per heavy atom. The van der Waals surface area contributed by atoms with E-state index in [1.807, 2.05) is 6.92 Å². The van der Waals surface area contributed by atoms with E-state index < -0.39 is 5.82 Å². The van der Waals surface area contributed by atoms with Crippen molar-refractivity contribution in [2.24, 2.45) is 35.5 Å². The van der Waals surface area contributed by atoms with Crippen LogP contribution in [-0.4, -0.2) is 5.97 Å². The molecule has 3 aliphatic rings. The van der Waals surface area contributed by atoms with Gasteiger partial charge in [-0.05, 0) is 112 Å². The first-order chi connectivity index (χ1) is 14.0. The van der Waals surface area contributed by atoms with Crippen LogP contribution in [0.5, 0.6) is 5.75 Å². The quantitative estimate of drug-likeness (QED) is 0.398. The summed E-state index contributed by atoms with van der Waals surface area (Å²) in [5.74, 6) is 3.89. The van der Waals surface area contributed by atoms with Crippen LogP contribution in [0.15, 0.2) is 18.2 Å². The minimum Gasteiger partial charge on any atom is -0.423 e. The molecule has 0 radical (unpaired) electrons. The van der Waals surface area contributed by atoms with Gasteiger partial charge in [0.1, 0.15) is 0 Å². The topological polar surface area (TPSA) is 26.3 Å². The zero-order valence-electron chi connectivity index (χ0n) is 18.2. The molecular formula is C26H37FO2. The number of esters is 1. The Morgan fingerprint density at radius 3 is 2.24 bits per heavy atom. The van der Waals surface area contributed by atoms with E-state index in [1.165, 1.54) is 51.0 Å². The molecule has 4 atom stereocenters. The van der Waals surface area contributed by atoms with Gasteiger partial charge in [-0.1, -0.05) is 25.8 Å². The number of hydrogen-bond donors (Lipinski definition) is 0. The Balaban J connectivity index is 1.26. The second-order valence-corrected chi connectivity index (χ2v) is 10.1. The van der Waals surface area contributed by atoms with Crippen molar-refractivity contribution in [2.45, 2.75) is 84.5 Å². The lowest BCUT2D eigenvalue weighted by Gasteiger charge is -2.45. The molecule has 1 aromatic carbocycles.